The Hall–Kier alpha value is -3.51. The van der Waals surface area contributed by atoms with Gasteiger partial charge in [-0.1, -0.05) is 5.11 Å². The second-order valence-corrected chi connectivity index (χ2v) is 10.7. The number of alkyl halides is 1. The summed E-state index contributed by atoms with van der Waals surface area (Å²) in [6, 6.07) is 0.908. The van der Waals surface area contributed by atoms with E-state index in [2.05, 4.69) is 19.5 Å². The highest BCUT2D eigenvalue weighted by atomic mass is 31.2. The molecule has 0 aliphatic carbocycles. The van der Waals surface area contributed by atoms with Gasteiger partial charge in [0.25, 0.3) is 5.56 Å². The van der Waals surface area contributed by atoms with Gasteiger partial charge in [-0.25, -0.2) is 32.4 Å². The SMILES string of the molecule is CC(C)OC(=O)OCOP(=O)(OCOC(=O)OC(C)C)OC[C@H]1O[C@@H](n2ccc(=O)[nH]c2=O)[C@H](F)[C@@]1(O)CCN=[N+]=[N-]. The van der Waals surface area contributed by atoms with Crippen LogP contribution in [0.25, 0.3) is 10.4 Å². The predicted octanol–water partition coefficient (Wildman–Crippen LogP) is 2.40. The van der Waals surface area contributed by atoms with E-state index in [1.807, 2.05) is 4.98 Å². The minimum atomic E-state index is -4.85. The standard InChI is InChI=1S/C21H31FN5O14P/c1-12(2)39-19(30)34-10-37-42(33,38-11-35-20(31)40-13(3)4)36-9-14-21(32,6-7-24-26-23)16(22)17(41-14)27-8-5-15(28)25-18(27)29/h5,8,12-14,16-17,32H,6-7,9-11H2,1-4H3,(H,25,28,29)/t14-,16+,17-,21-/m1/s1. The summed E-state index contributed by atoms with van der Waals surface area (Å²) < 4.78 is 68.7. The van der Waals surface area contributed by atoms with Crippen LogP contribution in [0.2, 0.25) is 0 Å². The molecule has 0 amide bonds. The van der Waals surface area contributed by atoms with Crippen molar-refractivity contribution in [1.29, 1.82) is 0 Å². The minimum Gasteiger partial charge on any atom is -0.432 e. The van der Waals surface area contributed by atoms with E-state index in [0.717, 1.165) is 12.3 Å². The predicted molar refractivity (Wildman–Crippen MR) is 135 cm³/mol. The van der Waals surface area contributed by atoms with Crippen LogP contribution in [0, 0.1) is 0 Å². The van der Waals surface area contributed by atoms with Crippen LogP contribution in [0.15, 0.2) is 27.0 Å². The second kappa shape index (κ2) is 15.6. The molecule has 0 aromatic carbocycles. The lowest BCUT2D eigenvalue weighted by Crippen LogP contribution is -2.48. The minimum absolute atomic E-state index is 0.428. The Balaban J connectivity index is 2.24. The number of aliphatic hydroxyl groups is 1. The maximum absolute atomic E-state index is 15.6. The largest absolute Gasteiger partial charge is 0.510 e. The van der Waals surface area contributed by atoms with Gasteiger partial charge >= 0.3 is 25.8 Å². The molecule has 1 aromatic rings. The summed E-state index contributed by atoms with van der Waals surface area (Å²) in [4.78, 5) is 51.3. The summed E-state index contributed by atoms with van der Waals surface area (Å²) in [7, 11) is -4.85. The van der Waals surface area contributed by atoms with E-state index in [1.165, 1.54) is 27.7 Å². The Morgan fingerprint density at radius 2 is 1.74 bits per heavy atom. The zero-order chi connectivity index (χ0) is 31.5. The van der Waals surface area contributed by atoms with Crippen LogP contribution in [0.3, 0.4) is 0 Å². The number of nitrogens with one attached hydrogen (secondary N) is 1. The highest BCUT2D eigenvalue weighted by molar-refractivity contribution is 7.48. The van der Waals surface area contributed by atoms with Gasteiger partial charge in [0.1, 0.15) is 11.7 Å². The molecule has 0 bridgehead atoms. The summed E-state index contributed by atoms with van der Waals surface area (Å²) in [6.45, 7) is 2.65. The molecule has 236 valence electrons. The highest BCUT2D eigenvalue weighted by Crippen LogP contribution is 2.51. The third-order valence-electron chi connectivity index (χ3n) is 5.21. The van der Waals surface area contributed by atoms with Crippen molar-refractivity contribution >= 4 is 20.1 Å². The first-order chi connectivity index (χ1) is 19.7. The molecule has 2 N–H and O–H groups in total. The molecule has 0 saturated carbocycles. The van der Waals surface area contributed by atoms with Crippen LogP contribution in [-0.2, 0) is 41.8 Å². The first-order valence-electron chi connectivity index (χ1n) is 12.3. The maximum atomic E-state index is 15.6. The molecule has 1 aliphatic rings. The lowest BCUT2D eigenvalue weighted by molar-refractivity contribution is -0.0948. The van der Waals surface area contributed by atoms with E-state index in [4.69, 9.17) is 33.3 Å². The van der Waals surface area contributed by atoms with Crippen molar-refractivity contribution in [2.75, 3.05) is 26.7 Å². The maximum Gasteiger partial charge on any atom is 0.510 e. The van der Waals surface area contributed by atoms with E-state index < -0.39 is 101 Å². The number of carbonyl (C=O) groups excluding carboxylic acids is 2. The summed E-state index contributed by atoms with van der Waals surface area (Å²) in [6.07, 6.45) is -9.05. The number of aromatic nitrogens is 2. The Morgan fingerprint density at radius 3 is 2.24 bits per heavy atom. The van der Waals surface area contributed by atoms with Crippen LogP contribution in [-0.4, -0.2) is 83.8 Å². The lowest BCUT2D eigenvalue weighted by atomic mass is 9.89. The topological polar surface area (TPSA) is 249 Å². The van der Waals surface area contributed by atoms with Crippen LogP contribution < -0.4 is 11.2 Å². The lowest BCUT2D eigenvalue weighted by Gasteiger charge is -2.29. The van der Waals surface area contributed by atoms with E-state index in [1.54, 1.807) is 0 Å². The molecule has 21 heteroatoms. The zero-order valence-electron chi connectivity index (χ0n) is 22.9. The average Bonchev–Trinajstić information content (AvgIpc) is 3.12. The number of azide groups is 1. The van der Waals surface area contributed by atoms with Gasteiger partial charge in [-0.05, 0) is 39.6 Å². The van der Waals surface area contributed by atoms with Crippen molar-refractivity contribution < 1.29 is 60.9 Å². The first kappa shape index (κ1) is 34.7. The number of hydrogen-bond acceptors (Lipinski definition) is 15. The zero-order valence-corrected chi connectivity index (χ0v) is 23.8. The molecule has 1 saturated heterocycles. The summed E-state index contributed by atoms with van der Waals surface area (Å²) >= 11 is 0. The van der Waals surface area contributed by atoms with Crippen molar-refractivity contribution in [3.05, 3.63) is 43.5 Å². The average molecular weight is 627 g/mol. The molecule has 2 heterocycles. The molecular formula is C21H31FN5O14P. The van der Waals surface area contributed by atoms with E-state index >= 15 is 4.39 Å². The molecular weight excluding hydrogens is 596 g/mol. The summed E-state index contributed by atoms with van der Waals surface area (Å²) in [5.41, 5.74) is 4.23. The molecule has 2 rings (SSSR count). The number of rotatable bonds is 15. The molecule has 0 spiro atoms. The molecule has 1 aromatic heterocycles. The number of carbonyl (C=O) groups is 2. The van der Waals surface area contributed by atoms with Gasteiger partial charge in [0, 0.05) is 23.7 Å². The van der Waals surface area contributed by atoms with Crippen LogP contribution >= 0.6 is 7.82 Å². The number of phosphoric ester groups is 1. The van der Waals surface area contributed by atoms with E-state index in [0.29, 0.717) is 4.57 Å². The van der Waals surface area contributed by atoms with Gasteiger partial charge in [-0.2, -0.15) is 0 Å². The molecule has 0 radical (unpaired) electrons. The van der Waals surface area contributed by atoms with Gasteiger partial charge in [-0.3, -0.25) is 18.9 Å². The van der Waals surface area contributed by atoms with Crippen LogP contribution in [0.1, 0.15) is 40.3 Å². The van der Waals surface area contributed by atoms with Crippen molar-refractivity contribution in [2.45, 2.75) is 70.4 Å². The van der Waals surface area contributed by atoms with Gasteiger partial charge in [0.05, 0.1) is 18.8 Å². The summed E-state index contributed by atoms with van der Waals surface area (Å²) in [5.74, 6) is 0. The highest BCUT2D eigenvalue weighted by Gasteiger charge is 2.57. The summed E-state index contributed by atoms with van der Waals surface area (Å²) in [5, 5.41) is 14.4. The quantitative estimate of drug-likeness (QED) is 0.0708. The van der Waals surface area contributed by atoms with Gasteiger partial charge < -0.3 is 28.8 Å². The third-order valence-corrected chi connectivity index (χ3v) is 6.52. The Bertz CT molecular complexity index is 1250. The number of aromatic amines is 1. The number of ether oxygens (including phenoxy) is 5. The van der Waals surface area contributed by atoms with Crippen LogP contribution in [0.4, 0.5) is 14.0 Å². The smallest absolute Gasteiger partial charge is 0.432 e. The normalized spacial score (nSPS) is 22.0. The fraction of sp³-hybridized carbons (Fsp3) is 0.714. The second-order valence-electron chi connectivity index (χ2n) is 8.99. The fourth-order valence-corrected chi connectivity index (χ4v) is 4.28. The molecule has 1 fully saturated rings. The van der Waals surface area contributed by atoms with Crippen molar-refractivity contribution in [3.8, 4) is 0 Å². The number of nitrogens with zero attached hydrogens (tertiary/aromatic N) is 4. The number of H-pyrrole nitrogens is 1. The third kappa shape index (κ3) is 10.1. The molecule has 4 atom stereocenters. The van der Waals surface area contributed by atoms with E-state index in [9.17, 15) is 28.8 Å². The monoisotopic (exact) mass is 627 g/mol. The van der Waals surface area contributed by atoms with E-state index in [-0.39, 0.29) is 0 Å². The fourth-order valence-electron chi connectivity index (χ4n) is 3.37. The Kier molecular flexibility index (Phi) is 12.9. The van der Waals surface area contributed by atoms with Crippen molar-refractivity contribution in [1.82, 2.24) is 9.55 Å². The molecule has 42 heavy (non-hydrogen) atoms. The molecule has 0 unspecified atom stereocenters. The van der Waals surface area contributed by atoms with Gasteiger partial charge in [0.2, 0.25) is 13.6 Å². The van der Waals surface area contributed by atoms with Crippen molar-refractivity contribution in [2.24, 2.45) is 5.11 Å². The van der Waals surface area contributed by atoms with Crippen molar-refractivity contribution in [3.63, 3.8) is 0 Å². The number of halogens is 1. The number of phosphoric acid groups is 1. The first-order valence-corrected chi connectivity index (χ1v) is 13.7. The number of hydrogen-bond donors (Lipinski definition) is 2. The van der Waals surface area contributed by atoms with Gasteiger partial charge in [0.15, 0.2) is 12.4 Å². The Labute approximate surface area is 236 Å². The van der Waals surface area contributed by atoms with Gasteiger partial charge in [-0.15, -0.1) is 0 Å². The molecule has 19 nitrogen and oxygen atoms in total. The van der Waals surface area contributed by atoms with Crippen LogP contribution in [0.5, 0.6) is 0 Å². The molecule has 1 aliphatic heterocycles. The Morgan fingerprint density at radius 1 is 1.17 bits per heavy atom.